The number of nitrogens with one attached hydrogen (secondary N) is 1. The average molecular weight is 324 g/mol. The fourth-order valence-corrected chi connectivity index (χ4v) is 3.88. The molecule has 0 aliphatic rings. The molecular formula is C12H9FN4O2S2. The quantitative estimate of drug-likeness (QED) is 0.799. The highest BCUT2D eigenvalue weighted by molar-refractivity contribution is 7.93. The number of pyridine rings is 1. The van der Waals surface area contributed by atoms with E-state index in [0.29, 0.717) is 5.01 Å². The third kappa shape index (κ3) is 2.57. The minimum Gasteiger partial charge on any atom is -0.253 e. The van der Waals surface area contributed by atoms with Gasteiger partial charge in [0.15, 0.2) is 0 Å². The van der Waals surface area contributed by atoms with E-state index in [1.165, 1.54) is 18.3 Å². The van der Waals surface area contributed by atoms with E-state index in [0.717, 1.165) is 17.4 Å². The van der Waals surface area contributed by atoms with Gasteiger partial charge < -0.3 is 0 Å². The van der Waals surface area contributed by atoms with Gasteiger partial charge in [0.2, 0.25) is 5.13 Å². The molecule has 108 valence electrons. The summed E-state index contributed by atoms with van der Waals surface area (Å²) in [4.78, 5) is 3.82. The molecule has 21 heavy (non-hydrogen) atoms. The molecule has 1 N–H and O–H groups in total. The third-order valence-corrected chi connectivity index (χ3v) is 5.00. The molecule has 3 rings (SSSR count). The molecule has 0 aliphatic heterocycles. The van der Waals surface area contributed by atoms with Crippen molar-refractivity contribution in [3.63, 3.8) is 0 Å². The van der Waals surface area contributed by atoms with Gasteiger partial charge in [0, 0.05) is 11.6 Å². The van der Waals surface area contributed by atoms with Crippen molar-refractivity contribution in [3.8, 4) is 0 Å². The van der Waals surface area contributed by atoms with Crippen LogP contribution in [0.1, 0.15) is 5.01 Å². The van der Waals surface area contributed by atoms with Gasteiger partial charge in [-0.15, -0.1) is 10.2 Å². The Hall–Kier alpha value is -2.13. The molecule has 0 fully saturated rings. The number of halogens is 1. The molecule has 9 heteroatoms. The van der Waals surface area contributed by atoms with E-state index in [4.69, 9.17) is 0 Å². The van der Waals surface area contributed by atoms with Crippen molar-refractivity contribution < 1.29 is 12.8 Å². The lowest BCUT2D eigenvalue weighted by atomic mass is 10.2. The normalized spacial score (nSPS) is 11.7. The standard InChI is InChI=1S/C12H9FN4O2S2/c1-7-15-16-12(20-7)17-21(18,19)10-5-4-9(13)11-8(10)3-2-6-14-11/h2-6H,1H3,(H,16,17). The van der Waals surface area contributed by atoms with Gasteiger partial charge in [-0.25, -0.2) is 12.8 Å². The first kappa shape index (κ1) is 13.8. The molecule has 0 atom stereocenters. The van der Waals surface area contributed by atoms with Crippen LogP contribution in [0.15, 0.2) is 35.4 Å². The maximum atomic E-state index is 13.7. The molecule has 0 saturated heterocycles. The molecule has 0 saturated carbocycles. The fraction of sp³-hybridized carbons (Fsp3) is 0.0833. The average Bonchev–Trinajstić information content (AvgIpc) is 2.83. The number of hydrogen-bond donors (Lipinski definition) is 1. The molecule has 2 heterocycles. The summed E-state index contributed by atoms with van der Waals surface area (Å²) in [6.07, 6.45) is 1.41. The number of rotatable bonds is 3. The van der Waals surface area contributed by atoms with Crippen LogP contribution in [0, 0.1) is 12.7 Å². The van der Waals surface area contributed by atoms with E-state index >= 15 is 0 Å². The number of aryl methyl sites for hydroxylation is 1. The fourth-order valence-electron chi connectivity index (χ4n) is 1.85. The van der Waals surface area contributed by atoms with Crippen LogP contribution in [0.25, 0.3) is 10.9 Å². The zero-order valence-electron chi connectivity index (χ0n) is 10.7. The number of benzene rings is 1. The van der Waals surface area contributed by atoms with Crippen LogP contribution in [-0.2, 0) is 10.0 Å². The molecule has 0 amide bonds. The summed E-state index contributed by atoms with van der Waals surface area (Å²) < 4.78 is 40.8. The molecule has 1 aromatic carbocycles. The second-order valence-electron chi connectivity index (χ2n) is 4.18. The molecule has 0 spiro atoms. The lowest BCUT2D eigenvalue weighted by molar-refractivity contribution is 0.601. The minimum absolute atomic E-state index is 0.00817. The SMILES string of the molecule is Cc1nnc(NS(=O)(=O)c2ccc(F)c3ncccc23)s1. The third-order valence-electron chi connectivity index (χ3n) is 2.72. The second-order valence-corrected chi connectivity index (χ2v) is 7.01. The van der Waals surface area contributed by atoms with E-state index in [2.05, 4.69) is 19.9 Å². The molecule has 6 nitrogen and oxygen atoms in total. The molecular weight excluding hydrogens is 315 g/mol. The molecule has 3 aromatic rings. The van der Waals surface area contributed by atoms with Crippen LogP contribution < -0.4 is 4.72 Å². The van der Waals surface area contributed by atoms with E-state index < -0.39 is 15.8 Å². The highest BCUT2D eigenvalue weighted by atomic mass is 32.2. The smallest absolute Gasteiger partial charge is 0.253 e. The summed E-state index contributed by atoms with van der Waals surface area (Å²) in [6, 6.07) is 5.34. The summed E-state index contributed by atoms with van der Waals surface area (Å²) >= 11 is 1.12. The van der Waals surface area contributed by atoms with Crippen molar-refractivity contribution in [2.24, 2.45) is 0 Å². The Labute approximate surface area is 123 Å². The molecule has 0 radical (unpaired) electrons. The monoisotopic (exact) mass is 324 g/mol. The van der Waals surface area contributed by atoms with Gasteiger partial charge in [0.1, 0.15) is 16.3 Å². The van der Waals surface area contributed by atoms with Crippen LogP contribution in [0.2, 0.25) is 0 Å². The summed E-state index contributed by atoms with van der Waals surface area (Å²) in [5.74, 6) is -0.573. The zero-order valence-corrected chi connectivity index (χ0v) is 12.4. The number of nitrogens with zero attached hydrogens (tertiary/aromatic N) is 3. The summed E-state index contributed by atoms with van der Waals surface area (Å²) in [7, 11) is -3.89. The summed E-state index contributed by atoms with van der Waals surface area (Å²) in [5.41, 5.74) is 0.00817. The van der Waals surface area contributed by atoms with Gasteiger partial charge in [-0.3, -0.25) is 9.71 Å². The molecule has 2 aromatic heterocycles. The van der Waals surface area contributed by atoms with Crippen molar-refractivity contribution in [2.45, 2.75) is 11.8 Å². The van der Waals surface area contributed by atoms with Crippen LogP contribution in [0.5, 0.6) is 0 Å². The number of anilines is 1. The van der Waals surface area contributed by atoms with E-state index in [-0.39, 0.29) is 20.9 Å². The number of hydrogen-bond acceptors (Lipinski definition) is 6. The Morgan fingerprint density at radius 2 is 2.05 bits per heavy atom. The van der Waals surface area contributed by atoms with Crippen LogP contribution in [0.3, 0.4) is 0 Å². The Morgan fingerprint density at radius 1 is 1.24 bits per heavy atom. The predicted octanol–water partition coefficient (Wildman–Crippen LogP) is 2.33. The maximum absolute atomic E-state index is 13.7. The lowest BCUT2D eigenvalue weighted by Crippen LogP contribution is -2.13. The van der Waals surface area contributed by atoms with Crippen LogP contribution in [0.4, 0.5) is 9.52 Å². The first-order chi connectivity index (χ1) is 9.97. The summed E-state index contributed by atoms with van der Waals surface area (Å²) in [6.45, 7) is 1.71. The maximum Gasteiger partial charge on any atom is 0.264 e. The number of sulfonamides is 1. The Morgan fingerprint density at radius 3 is 2.76 bits per heavy atom. The van der Waals surface area contributed by atoms with Crippen LogP contribution in [-0.4, -0.2) is 23.6 Å². The highest BCUT2D eigenvalue weighted by Crippen LogP contribution is 2.26. The lowest BCUT2D eigenvalue weighted by Gasteiger charge is -2.08. The predicted molar refractivity (Wildman–Crippen MR) is 77.2 cm³/mol. The van der Waals surface area contributed by atoms with Crippen molar-refractivity contribution in [1.29, 1.82) is 0 Å². The molecule has 0 aliphatic carbocycles. The van der Waals surface area contributed by atoms with E-state index in [1.807, 2.05) is 0 Å². The van der Waals surface area contributed by atoms with Crippen molar-refractivity contribution in [1.82, 2.24) is 15.2 Å². The second kappa shape index (κ2) is 5.01. The molecule has 0 bridgehead atoms. The van der Waals surface area contributed by atoms with Gasteiger partial charge in [-0.05, 0) is 31.2 Å². The number of fused-ring (bicyclic) bond motifs is 1. The van der Waals surface area contributed by atoms with Gasteiger partial charge in [0.25, 0.3) is 10.0 Å². The van der Waals surface area contributed by atoms with Crippen LogP contribution >= 0.6 is 11.3 Å². The van der Waals surface area contributed by atoms with E-state index in [1.54, 1.807) is 13.0 Å². The topological polar surface area (TPSA) is 84.8 Å². The van der Waals surface area contributed by atoms with Crippen molar-refractivity contribution in [2.75, 3.05) is 4.72 Å². The van der Waals surface area contributed by atoms with E-state index in [9.17, 15) is 12.8 Å². The van der Waals surface area contributed by atoms with Gasteiger partial charge in [-0.1, -0.05) is 11.3 Å². The number of aromatic nitrogens is 3. The first-order valence-electron chi connectivity index (χ1n) is 5.83. The summed E-state index contributed by atoms with van der Waals surface area (Å²) in [5, 5.41) is 8.47. The van der Waals surface area contributed by atoms with Crippen molar-refractivity contribution in [3.05, 3.63) is 41.3 Å². The highest BCUT2D eigenvalue weighted by Gasteiger charge is 2.20. The Balaban J connectivity index is 2.13. The molecule has 0 unspecified atom stereocenters. The van der Waals surface area contributed by atoms with Crippen molar-refractivity contribution >= 4 is 37.4 Å². The Bertz CT molecular complexity index is 924. The van der Waals surface area contributed by atoms with Gasteiger partial charge >= 0.3 is 0 Å². The first-order valence-corrected chi connectivity index (χ1v) is 8.13. The Kier molecular flexibility index (Phi) is 3.30. The zero-order chi connectivity index (χ0) is 15.0. The van der Waals surface area contributed by atoms with Gasteiger partial charge in [0.05, 0.1) is 4.90 Å². The van der Waals surface area contributed by atoms with Gasteiger partial charge in [-0.2, -0.15) is 0 Å². The minimum atomic E-state index is -3.89. The largest absolute Gasteiger partial charge is 0.264 e.